The third-order valence-corrected chi connectivity index (χ3v) is 5.92. The van der Waals surface area contributed by atoms with E-state index in [9.17, 15) is 9.59 Å². The normalized spacial score (nSPS) is 27.4. The van der Waals surface area contributed by atoms with Crippen LogP contribution in [0.1, 0.15) is 31.4 Å². The van der Waals surface area contributed by atoms with Crippen molar-refractivity contribution in [2.75, 3.05) is 32.8 Å². The summed E-state index contributed by atoms with van der Waals surface area (Å²) in [6.45, 7) is 3.96. The van der Waals surface area contributed by atoms with Crippen molar-refractivity contribution in [3.63, 3.8) is 0 Å². The summed E-state index contributed by atoms with van der Waals surface area (Å²) in [7, 11) is 0. The van der Waals surface area contributed by atoms with Crippen molar-refractivity contribution in [1.29, 1.82) is 0 Å². The highest BCUT2D eigenvalue weighted by Crippen LogP contribution is 2.41. The minimum absolute atomic E-state index is 0.0741. The van der Waals surface area contributed by atoms with Crippen molar-refractivity contribution in [3.05, 3.63) is 30.1 Å². The Morgan fingerprint density at radius 3 is 2.80 bits per heavy atom. The molecule has 3 saturated heterocycles. The zero-order valence-corrected chi connectivity index (χ0v) is 14.5. The van der Waals surface area contributed by atoms with Gasteiger partial charge in [0.05, 0.1) is 17.7 Å². The summed E-state index contributed by atoms with van der Waals surface area (Å²) in [5, 5.41) is 0. The van der Waals surface area contributed by atoms with Crippen molar-refractivity contribution >= 4 is 11.8 Å². The quantitative estimate of drug-likeness (QED) is 0.834. The maximum absolute atomic E-state index is 13.0. The van der Waals surface area contributed by atoms with Crippen molar-refractivity contribution in [2.24, 2.45) is 11.3 Å². The molecule has 1 aromatic heterocycles. The van der Waals surface area contributed by atoms with Crippen molar-refractivity contribution in [1.82, 2.24) is 14.8 Å². The molecule has 4 heterocycles. The van der Waals surface area contributed by atoms with E-state index in [4.69, 9.17) is 4.74 Å². The highest BCUT2D eigenvalue weighted by atomic mass is 16.5. The Morgan fingerprint density at radius 2 is 2.04 bits per heavy atom. The SMILES string of the molecule is O=C(C1CCOCC1)N1CCC2(CCN(Cc3ccccn3)C2=O)C1. The van der Waals surface area contributed by atoms with Gasteiger partial charge >= 0.3 is 0 Å². The minimum atomic E-state index is -0.365. The Kier molecular flexibility index (Phi) is 4.46. The van der Waals surface area contributed by atoms with Gasteiger partial charge in [-0.1, -0.05) is 6.07 Å². The summed E-state index contributed by atoms with van der Waals surface area (Å²) in [5.74, 6) is 0.488. The summed E-state index contributed by atoms with van der Waals surface area (Å²) in [6, 6.07) is 5.78. The van der Waals surface area contributed by atoms with Crippen LogP contribution in [0.15, 0.2) is 24.4 Å². The fourth-order valence-corrected chi connectivity index (χ4v) is 4.37. The van der Waals surface area contributed by atoms with Gasteiger partial charge in [0.2, 0.25) is 11.8 Å². The third-order valence-electron chi connectivity index (χ3n) is 5.92. The van der Waals surface area contributed by atoms with Gasteiger partial charge in [0.1, 0.15) is 0 Å². The monoisotopic (exact) mass is 343 g/mol. The minimum Gasteiger partial charge on any atom is -0.381 e. The number of carbonyl (C=O) groups is 2. The second-order valence-electron chi connectivity index (χ2n) is 7.47. The standard InChI is InChI=1S/C19H25N3O3/c23-17(15-4-11-25-12-5-15)22-10-7-19(14-22)6-9-21(18(19)24)13-16-3-1-2-8-20-16/h1-3,8,15H,4-7,9-14H2. The molecule has 0 N–H and O–H groups in total. The van der Waals surface area contributed by atoms with E-state index < -0.39 is 0 Å². The lowest BCUT2D eigenvalue weighted by molar-refractivity contribution is -0.139. The molecule has 6 heteroatoms. The number of nitrogens with zero attached hydrogens (tertiary/aromatic N) is 3. The molecule has 0 aliphatic carbocycles. The molecule has 1 spiro atoms. The van der Waals surface area contributed by atoms with E-state index in [1.54, 1.807) is 6.20 Å². The molecular formula is C19H25N3O3. The van der Waals surface area contributed by atoms with E-state index in [0.29, 0.717) is 32.8 Å². The summed E-state index contributed by atoms with van der Waals surface area (Å²) in [6.07, 6.45) is 5.01. The zero-order chi connectivity index (χ0) is 17.3. The molecule has 3 aliphatic heterocycles. The Labute approximate surface area is 148 Å². The predicted molar refractivity (Wildman–Crippen MR) is 91.4 cm³/mol. The van der Waals surface area contributed by atoms with Crippen LogP contribution in [0.3, 0.4) is 0 Å². The molecular weight excluding hydrogens is 318 g/mol. The molecule has 3 fully saturated rings. The molecule has 6 nitrogen and oxygen atoms in total. The largest absolute Gasteiger partial charge is 0.381 e. The smallest absolute Gasteiger partial charge is 0.231 e. The van der Waals surface area contributed by atoms with E-state index in [1.807, 2.05) is 28.0 Å². The molecule has 1 aromatic rings. The first-order valence-electron chi connectivity index (χ1n) is 9.24. The Hall–Kier alpha value is -1.95. The number of amides is 2. The van der Waals surface area contributed by atoms with Crippen LogP contribution in [0.4, 0.5) is 0 Å². The van der Waals surface area contributed by atoms with Gasteiger partial charge in [-0.2, -0.15) is 0 Å². The molecule has 0 saturated carbocycles. The number of pyridine rings is 1. The second kappa shape index (κ2) is 6.75. The number of carbonyl (C=O) groups excluding carboxylic acids is 2. The highest BCUT2D eigenvalue weighted by molar-refractivity contribution is 5.87. The van der Waals surface area contributed by atoms with Crippen LogP contribution >= 0.6 is 0 Å². The molecule has 1 unspecified atom stereocenters. The molecule has 4 rings (SSSR count). The average molecular weight is 343 g/mol. The van der Waals surface area contributed by atoms with Crippen LogP contribution in [0, 0.1) is 11.3 Å². The van der Waals surface area contributed by atoms with Crippen LogP contribution < -0.4 is 0 Å². The van der Waals surface area contributed by atoms with Gasteiger partial charge in [0.15, 0.2) is 0 Å². The van der Waals surface area contributed by atoms with Crippen LogP contribution in [0.5, 0.6) is 0 Å². The summed E-state index contributed by atoms with van der Waals surface area (Å²) in [4.78, 5) is 33.9. The topological polar surface area (TPSA) is 62.7 Å². The molecule has 0 aromatic carbocycles. The molecule has 134 valence electrons. The fourth-order valence-electron chi connectivity index (χ4n) is 4.37. The van der Waals surface area contributed by atoms with Crippen molar-refractivity contribution < 1.29 is 14.3 Å². The predicted octanol–water partition coefficient (Wildman–Crippen LogP) is 1.46. The van der Waals surface area contributed by atoms with Gasteiger partial charge in [-0.05, 0) is 37.8 Å². The maximum Gasteiger partial charge on any atom is 0.231 e. The van der Waals surface area contributed by atoms with Crippen LogP contribution in [0.25, 0.3) is 0 Å². The van der Waals surface area contributed by atoms with Gasteiger partial charge < -0.3 is 14.5 Å². The maximum atomic E-state index is 13.0. The van der Waals surface area contributed by atoms with Gasteiger partial charge in [0, 0.05) is 45.0 Å². The lowest BCUT2D eigenvalue weighted by Gasteiger charge is -2.28. The molecule has 2 amide bonds. The number of likely N-dealkylation sites (tertiary alicyclic amines) is 2. The number of hydrogen-bond donors (Lipinski definition) is 0. The van der Waals surface area contributed by atoms with Gasteiger partial charge in [-0.15, -0.1) is 0 Å². The van der Waals surface area contributed by atoms with Gasteiger partial charge in [-0.3, -0.25) is 14.6 Å². The van der Waals surface area contributed by atoms with E-state index in [1.165, 1.54) is 0 Å². The van der Waals surface area contributed by atoms with Gasteiger partial charge in [0.25, 0.3) is 0 Å². The Balaban J connectivity index is 1.40. The zero-order valence-electron chi connectivity index (χ0n) is 14.5. The fraction of sp³-hybridized carbons (Fsp3) is 0.632. The first-order valence-corrected chi connectivity index (χ1v) is 9.24. The number of rotatable bonds is 3. The number of hydrogen-bond acceptors (Lipinski definition) is 4. The summed E-state index contributed by atoms with van der Waals surface area (Å²) < 4.78 is 5.36. The molecule has 0 bridgehead atoms. The second-order valence-corrected chi connectivity index (χ2v) is 7.47. The van der Waals surface area contributed by atoms with E-state index in [0.717, 1.165) is 37.9 Å². The van der Waals surface area contributed by atoms with Crippen molar-refractivity contribution in [3.8, 4) is 0 Å². The van der Waals surface area contributed by atoms with Crippen LogP contribution in [-0.4, -0.2) is 59.4 Å². The molecule has 1 atom stereocenters. The van der Waals surface area contributed by atoms with Crippen LogP contribution in [0.2, 0.25) is 0 Å². The molecule has 25 heavy (non-hydrogen) atoms. The summed E-state index contributed by atoms with van der Waals surface area (Å²) >= 11 is 0. The van der Waals surface area contributed by atoms with Gasteiger partial charge in [-0.25, -0.2) is 0 Å². The van der Waals surface area contributed by atoms with Crippen molar-refractivity contribution in [2.45, 2.75) is 32.2 Å². The average Bonchev–Trinajstić information content (AvgIpc) is 3.23. The lowest BCUT2D eigenvalue weighted by atomic mass is 9.85. The summed E-state index contributed by atoms with van der Waals surface area (Å²) in [5.41, 5.74) is 0.552. The van der Waals surface area contributed by atoms with E-state index >= 15 is 0 Å². The Morgan fingerprint density at radius 1 is 1.24 bits per heavy atom. The first-order chi connectivity index (χ1) is 12.2. The first kappa shape index (κ1) is 16.5. The molecule has 3 aliphatic rings. The van der Waals surface area contributed by atoms with Crippen LogP contribution in [-0.2, 0) is 20.9 Å². The lowest BCUT2D eigenvalue weighted by Crippen LogP contribution is -2.41. The highest BCUT2D eigenvalue weighted by Gasteiger charge is 2.52. The number of ether oxygens (including phenoxy) is 1. The van der Waals surface area contributed by atoms with E-state index in [2.05, 4.69) is 4.98 Å². The third kappa shape index (κ3) is 3.15. The van der Waals surface area contributed by atoms with E-state index in [-0.39, 0.29) is 23.1 Å². The number of aromatic nitrogens is 1. The Bertz CT molecular complexity index is 645. The molecule has 0 radical (unpaired) electrons.